The van der Waals surface area contributed by atoms with Crippen LogP contribution < -0.4 is 10.2 Å². The smallest absolute Gasteiger partial charge is 0.218 e. The number of hydrogen-bond donors (Lipinski definition) is 0. The molecule has 1 aromatic carbocycles. The van der Waals surface area contributed by atoms with Crippen LogP contribution in [-0.2, 0) is 6.54 Å². The highest BCUT2D eigenvalue weighted by Gasteiger charge is 2.09. The zero-order valence-corrected chi connectivity index (χ0v) is 12.0. The van der Waals surface area contributed by atoms with Gasteiger partial charge in [0.15, 0.2) is 5.43 Å². The van der Waals surface area contributed by atoms with E-state index in [0.29, 0.717) is 12.4 Å². The Balaban J connectivity index is 2.19. The molecule has 0 atom stereocenters. The highest BCUT2D eigenvalue weighted by Crippen LogP contribution is 2.19. The minimum absolute atomic E-state index is 0.0532. The van der Waals surface area contributed by atoms with E-state index in [1.165, 1.54) is 0 Å². The Labute approximate surface area is 122 Å². The van der Waals surface area contributed by atoms with Crippen molar-refractivity contribution in [3.05, 3.63) is 70.1 Å². The van der Waals surface area contributed by atoms with Gasteiger partial charge in [-0.25, -0.2) is 4.98 Å². The lowest BCUT2D eigenvalue weighted by atomic mass is 10.1. The summed E-state index contributed by atoms with van der Waals surface area (Å²) in [4.78, 5) is 16.3. The van der Waals surface area contributed by atoms with Crippen LogP contribution in [0.2, 0.25) is 0 Å². The van der Waals surface area contributed by atoms with E-state index in [0.717, 1.165) is 22.2 Å². The molecular formula is C17H16N2O2. The Kier molecular flexibility index (Phi) is 3.44. The topological polar surface area (TPSA) is 44.1 Å². The van der Waals surface area contributed by atoms with Gasteiger partial charge in [0.1, 0.15) is 0 Å². The average Bonchev–Trinajstić information content (AvgIpc) is 2.52. The molecule has 0 aliphatic heterocycles. The molecular weight excluding hydrogens is 264 g/mol. The number of benzene rings is 1. The first-order chi connectivity index (χ1) is 10.2. The first-order valence-electron chi connectivity index (χ1n) is 6.78. The van der Waals surface area contributed by atoms with Crippen molar-refractivity contribution < 1.29 is 4.74 Å². The number of rotatable bonds is 3. The number of para-hydroxylation sites is 1. The Morgan fingerprint density at radius 1 is 1.19 bits per heavy atom. The van der Waals surface area contributed by atoms with Crippen LogP contribution >= 0.6 is 0 Å². The van der Waals surface area contributed by atoms with Crippen LogP contribution in [0.15, 0.2) is 53.5 Å². The summed E-state index contributed by atoms with van der Waals surface area (Å²) in [6.07, 6.45) is 1.71. The number of aromatic nitrogens is 2. The maximum absolute atomic E-state index is 12.1. The second kappa shape index (κ2) is 5.40. The molecule has 0 radical (unpaired) electrons. The van der Waals surface area contributed by atoms with E-state index in [9.17, 15) is 4.79 Å². The largest absolute Gasteiger partial charge is 0.481 e. The molecule has 0 saturated carbocycles. The molecule has 0 bridgehead atoms. The summed E-state index contributed by atoms with van der Waals surface area (Å²) in [5, 5.41) is 0.728. The van der Waals surface area contributed by atoms with Crippen LogP contribution in [0, 0.1) is 6.92 Å². The Morgan fingerprint density at radius 3 is 2.81 bits per heavy atom. The molecule has 0 spiro atoms. The highest BCUT2D eigenvalue weighted by atomic mass is 16.5. The molecule has 21 heavy (non-hydrogen) atoms. The van der Waals surface area contributed by atoms with Gasteiger partial charge in [-0.1, -0.05) is 18.2 Å². The minimum Gasteiger partial charge on any atom is -0.481 e. The molecule has 106 valence electrons. The molecule has 0 aliphatic rings. The fourth-order valence-corrected chi connectivity index (χ4v) is 2.56. The monoisotopic (exact) mass is 280 g/mol. The van der Waals surface area contributed by atoms with Crippen molar-refractivity contribution in [2.45, 2.75) is 13.5 Å². The lowest BCUT2D eigenvalue weighted by Gasteiger charge is -2.15. The van der Waals surface area contributed by atoms with Gasteiger partial charge in [-0.3, -0.25) is 4.79 Å². The van der Waals surface area contributed by atoms with E-state index in [2.05, 4.69) is 9.55 Å². The van der Waals surface area contributed by atoms with Crippen LogP contribution in [0.25, 0.3) is 10.9 Å². The molecule has 2 aromatic heterocycles. The van der Waals surface area contributed by atoms with E-state index in [4.69, 9.17) is 4.74 Å². The quantitative estimate of drug-likeness (QED) is 0.741. The van der Waals surface area contributed by atoms with Gasteiger partial charge in [0, 0.05) is 28.9 Å². The lowest BCUT2D eigenvalue weighted by Crippen LogP contribution is -2.13. The number of aryl methyl sites for hydroxylation is 1. The summed E-state index contributed by atoms with van der Waals surface area (Å²) < 4.78 is 7.41. The Morgan fingerprint density at radius 2 is 2.00 bits per heavy atom. The summed E-state index contributed by atoms with van der Waals surface area (Å²) in [6, 6.07) is 13.2. The normalized spacial score (nSPS) is 10.8. The summed E-state index contributed by atoms with van der Waals surface area (Å²) in [5.41, 5.74) is 2.88. The van der Waals surface area contributed by atoms with Gasteiger partial charge in [0.25, 0.3) is 0 Å². The van der Waals surface area contributed by atoms with Crippen LogP contribution in [0.1, 0.15) is 11.3 Å². The van der Waals surface area contributed by atoms with E-state index < -0.39 is 0 Å². The molecule has 0 fully saturated rings. The van der Waals surface area contributed by atoms with Gasteiger partial charge >= 0.3 is 0 Å². The number of nitrogens with zero attached hydrogens (tertiary/aromatic N) is 2. The van der Waals surface area contributed by atoms with Gasteiger partial charge in [0.05, 0.1) is 19.2 Å². The number of hydrogen-bond acceptors (Lipinski definition) is 3. The molecule has 4 nitrogen and oxygen atoms in total. The minimum atomic E-state index is 0.0532. The van der Waals surface area contributed by atoms with Crippen LogP contribution in [-0.4, -0.2) is 16.7 Å². The SMILES string of the molecule is COc1ncccc1Cn1c(C)cc(=O)c2ccccc21. The molecule has 4 heteroatoms. The standard InChI is InChI=1S/C17H16N2O2/c1-12-10-16(20)14-7-3-4-8-15(14)19(12)11-13-6-5-9-18-17(13)21-2/h3-10H,11H2,1-2H3. The van der Waals surface area contributed by atoms with E-state index >= 15 is 0 Å². The van der Waals surface area contributed by atoms with Crippen molar-refractivity contribution in [2.24, 2.45) is 0 Å². The van der Waals surface area contributed by atoms with Crippen LogP contribution in [0.3, 0.4) is 0 Å². The van der Waals surface area contributed by atoms with E-state index in [-0.39, 0.29) is 5.43 Å². The van der Waals surface area contributed by atoms with Crippen LogP contribution in [0.4, 0.5) is 0 Å². The molecule has 0 aliphatic carbocycles. The summed E-state index contributed by atoms with van der Waals surface area (Å²) in [6.45, 7) is 2.56. The average molecular weight is 280 g/mol. The Hall–Kier alpha value is -2.62. The van der Waals surface area contributed by atoms with Crippen molar-refractivity contribution in [2.75, 3.05) is 7.11 Å². The number of ether oxygens (including phenoxy) is 1. The molecule has 0 unspecified atom stereocenters. The van der Waals surface area contributed by atoms with E-state index in [1.54, 1.807) is 19.4 Å². The lowest BCUT2D eigenvalue weighted by molar-refractivity contribution is 0.391. The van der Waals surface area contributed by atoms with Gasteiger partial charge in [-0.15, -0.1) is 0 Å². The maximum atomic E-state index is 12.1. The van der Waals surface area contributed by atoms with Crippen molar-refractivity contribution in [3.8, 4) is 5.88 Å². The van der Waals surface area contributed by atoms with Crippen LogP contribution in [0.5, 0.6) is 5.88 Å². The first kappa shape index (κ1) is 13.4. The summed E-state index contributed by atoms with van der Waals surface area (Å²) in [5.74, 6) is 0.611. The Bertz CT molecular complexity index is 853. The van der Waals surface area contributed by atoms with Crippen molar-refractivity contribution in [1.29, 1.82) is 0 Å². The molecule has 3 rings (SSSR count). The van der Waals surface area contributed by atoms with E-state index in [1.807, 2.05) is 43.3 Å². The predicted molar refractivity (Wildman–Crippen MR) is 82.8 cm³/mol. The van der Waals surface area contributed by atoms with Gasteiger partial charge in [-0.05, 0) is 25.1 Å². The zero-order chi connectivity index (χ0) is 14.8. The second-order valence-electron chi connectivity index (χ2n) is 4.93. The van der Waals surface area contributed by atoms with Gasteiger partial charge in [0.2, 0.25) is 5.88 Å². The molecule has 0 amide bonds. The highest BCUT2D eigenvalue weighted by molar-refractivity contribution is 5.79. The first-order valence-corrected chi connectivity index (χ1v) is 6.78. The molecule has 0 N–H and O–H groups in total. The number of methoxy groups -OCH3 is 1. The predicted octanol–water partition coefficient (Wildman–Crippen LogP) is 2.76. The van der Waals surface area contributed by atoms with Gasteiger partial charge in [-0.2, -0.15) is 0 Å². The fraction of sp³-hybridized carbons (Fsp3) is 0.176. The third-order valence-corrected chi connectivity index (χ3v) is 3.60. The zero-order valence-electron chi connectivity index (χ0n) is 12.0. The number of pyridine rings is 2. The third kappa shape index (κ3) is 2.40. The summed E-state index contributed by atoms with van der Waals surface area (Å²) >= 11 is 0. The molecule has 2 heterocycles. The summed E-state index contributed by atoms with van der Waals surface area (Å²) in [7, 11) is 1.61. The maximum Gasteiger partial charge on any atom is 0.218 e. The molecule has 3 aromatic rings. The number of fused-ring (bicyclic) bond motifs is 1. The van der Waals surface area contributed by atoms with Crippen molar-refractivity contribution in [1.82, 2.24) is 9.55 Å². The second-order valence-corrected chi connectivity index (χ2v) is 4.93. The fourth-order valence-electron chi connectivity index (χ4n) is 2.56. The van der Waals surface area contributed by atoms with Crippen molar-refractivity contribution in [3.63, 3.8) is 0 Å². The molecule has 0 saturated heterocycles. The van der Waals surface area contributed by atoms with Gasteiger partial charge < -0.3 is 9.30 Å². The third-order valence-electron chi connectivity index (χ3n) is 3.60. The van der Waals surface area contributed by atoms with Crippen molar-refractivity contribution >= 4 is 10.9 Å².